The van der Waals surface area contributed by atoms with Gasteiger partial charge in [-0.3, -0.25) is 19.3 Å². The van der Waals surface area contributed by atoms with Crippen LogP contribution in [0.15, 0.2) is 27.9 Å². The first kappa shape index (κ1) is 13.9. The van der Waals surface area contributed by atoms with Crippen LogP contribution in [0.2, 0.25) is 0 Å². The molecule has 0 unspecified atom stereocenters. The lowest BCUT2D eigenvalue weighted by molar-refractivity contribution is 0.811. The smallest absolute Gasteiger partial charge is 0.329 e. The third kappa shape index (κ3) is 2.56. The summed E-state index contributed by atoms with van der Waals surface area (Å²) in [7, 11) is 1.50. The molecule has 4 N–H and O–H groups in total. The molecule has 0 saturated carbocycles. The minimum Gasteiger partial charge on any atom is -0.383 e. The third-order valence-corrected chi connectivity index (χ3v) is 3.17. The average molecular weight is 275 g/mol. The second-order valence-corrected chi connectivity index (χ2v) is 4.39. The summed E-state index contributed by atoms with van der Waals surface area (Å²) in [5, 5.41) is 2.95. The lowest BCUT2D eigenvalue weighted by atomic mass is 10.1. The summed E-state index contributed by atoms with van der Waals surface area (Å²) >= 11 is 0. The Morgan fingerprint density at radius 2 is 2.20 bits per heavy atom. The van der Waals surface area contributed by atoms with Crippen LogP contribution in [-0.2, 0) is 20.0 Å². The summed E-state index contributed by atoms with van der Waals surface area (Å²) in [6.07, 6.45) is 2.55. The first-order valence-electron chi connectivity index (χ1n) is 6.30. The highest BCUT2D eigenvalue weighted by Gasteiger charge is 2.10. The van der Waals surface area contributed by atoms with Gasteiger partial charge in [-0.25, -0.2) is 4.79 Å². The van der Waals surface area contributed by atoms with Gasteiger partial charge < -0.3 is 11.1 Å². The van der Waals surface area contributed by atoms with Crippen LogP contribution in [0.1, 0.15) is 18.2 Å². The van der Waals surface area contributed by atoms with Crippen LogP contribution in [-0.4, -0.2) is 14.5 Å². The van der Waals surface area contributed by atoms with Crippen molar-refractivity contribution in [2.24, 2.45) is 7.05 Å². The molecule has 0 aliphatic rings. The summed E-state index contributed by atoms with van der Waals surface area (Å²) in [5.74, 6) is 0.104. The maximum Gasteiger partial charge on any atom is 0.329 e. The zero-order valence-electron chi connectivity index (χ0n) is 11.4. The Morgan fingerprint density at radius 3 is 2.90 bits per heavy atom. The van der Waals surface area contributed by atoms with Gasteiger partial charge in [0.2, 0.25) is 0 Å². The number of H-pyrrole nitrogens is 1. The quantitative estimate of drug-likeness (QED) is 0.740. The van der Waals surface area contributed by atoms with Gasteiger partial charge in [0.15, 0.2) is 0 Å². The van der Waals surface area contributed by atoms with E-state index >= 15 is 0 Å². The second-order valence-electron chi connectivity index (χ2n) is 4.39. The van der Waals surface area contributed by atoms with Gasteiger partial charge in [-0.05, 0) is 18.1 Å². The molecule has 106 valence electrons. The molecule has 0 fully saturated rings. The highest BCUT2D eigenvalue weighted by Crippen LogP contribution is 2.12. The van der Waals surface area contributed by atoms with Crippen molar-refractivity contribution in [2.75, 3.05) is 11.1 Å². The van der Waals surface area contributed by atoms with Gasteiger partial charge in [-0.1, -0.05) is 13.0 Å². The Bertz CT molecular complexity index is 732. The van der Waals surface area contributed by atoms with Gasteiger partial charge in [0.25, 0.3) is 5.56 Å². The number of hydrogen-bond acceptors (Lipinski definition) is 5. The Morgan fingerprint density at radius 1 is 1.45 bits per heavy atom. The van der Waals surface area contributed by atoms with Crippen LogP contribution in [0.25, 0.3) is 0 Å². The van der Waals surface area contributed by atoms with Gasteiger partial charge in [-0.2, -0.15) is 0 Å². The number of nitrogens with one attached hydrogen (secondary N) is 2. The zero-order chi connectivity index (χ0) is 14.7. The van der Waals surface area contributed by atoms with E-state index in [9.17, 15) is 9.59 Å². The maximum absolute atomic E-state index is 11.8. The predicted octanol–water partition coefficient (Wildman–Crippen LogP) is 0.225. The number of aromatic nitrogens is 3. The monoisotopic (exact) mass is 275 g/mol. The third-order valence-electron chi connectivity index (χ3n) is 3.17. The van der Waals surface area contributed by atoms with Crippen molar-refractivity contribution < 1.29 is 0 Å². The SMILES string of the molecule is CCc1cccnc1CNc1c(N)n(C)c(=O)[nH]c1=O. The van der Waals surface area contributed by atoms with E-state index in [1.165, 1.54) is 11.6 Å². The molecular weight excluding hydrogens is 258 g/mol. The molecule has 2 aromatic heterocycles. The number of nitrogens with two attached hydrogens (primary N) is 1. The molecule has 0 radical (unpaired) electrons. The molecule has 0 spiro atoms. The molecule has 0 saturated heterocycles. The standard InChI is InChI=1S/C13H17N5O2/c1-3-8-5-4-6-15-9(8)7-16-10-11(14)18(2)13(20)17-12(10)19/h4-6,16H,3,7,14H2,1-2H3,(H,17,19,20). The van der Waals surface area contributed by atoms with E-state index in [0.717, 1.165) is 17.7 Å². The summed E-state index contributed by atoms with van der Waals surface area (Å²) in [6.45, 7) is 2.41. The van der Waals surface area contributed by atoms with Crippen LogP contribution in [0.3, 0.4) is 0 Å². The fourth-order valence-electron chi connectivity index (χ4n) is 1.93. The van der Waals surface area contributed by atoms with E-state index in [-0.39, 0.29) is 11.5 Å². The minimum absolute atomic E-state index is 0.104. The van der Waals surface area contributed by atoms with Crippen molar-refractivity contribution in [1.82, 2.24) is 14.5 Å². The lowest BCUT2D eigenvalue weighted by Gasteiger charge is -2.12. The van der Waals surface area contributed by atoms with Gasteiger partial charge >= 0.3 is 5.69 Å². The van der Waals surface area contributed by atoms with Gasteiger partial charge in [0, 0.05) is 13.2 Å². The zero-order valence-corrected chi connectivity index (χ0v) is 11.4. The van der Waals surface area contributed by atoms with Crippen LogP contribution >= 0.6 is 0 Å². The van der Waals surface area contributed by atoms with Crippen molar-refractivity contribution in [3.8, 4) is 0 Å². The number of nitrogen functional groups attached to an aromatic ring is 1. The van der Waals surface area contributed by atoms with Gasteiger partial charge in [0.05, 0.1) is 12.2 Å². The molecule has 0 amide bonds. The fraction of sp³-hybridized carbons (Fsp3) is 0.308. The van der Waals surface area contributed by atoms with E-state index in [4.69, 9.17) is 5.73 Å². The summed E-state index contributed by atoms with van der Waals surface area (Å²) in [4.78, 5) is 29.6. The molecule has 0 aromatic carbocycles. The van der Waals surface area contributed by atoms with Gasteiger partial charge in [0.1, 0.15) is 11.5 Å². The number of aromatic amines is 1. The normalized spacial score (nSPS) is 10.5. The minimum atomic E-state index is -0.537. The number of anilines is 2. The predicted molar refractivity (Wildman–Crippen MR) is 77.7 cm³/mol. The summed E-state index contributed by atoms with van der Waals surface area (Å²) in [5.41, 5.74) is 6.84. The first-order chi connectivity index (χ1) is 9.54. The van der Waals surface area contributed by atoms with Crippen molar-refractivity contribution in [1.29, 1.82) is 0 Å². The Labute approximate surface area is 115 Å². The molecule has 0 aliphatic heterocycles. The molecule has 0 bridgehead atoms. The summed E-state index contributed by atoms with van der Waals surface area (Å²) in [6, 6.07) is 3.86. The number of nitrogens with zero attached hydrogens (tertiary/aromatic N) is 2. The van der Waals surface area contributed by atoms with E-state index in [1.807, 2.05) is 19.1 Å². The highest BCUT2D eigenvalue weighted by atomic mass is 16.2. The van der Waals surface area contributed by atoms with Crippen molar-refractivity contribution in [2.45, 2.75) is 19.9 Å². The van der Waals surface area contributed by atoms with Crippen LogP contribution < -0.4 is 22.3 Å². The Balaban J connectivity index is 2.30. The van der Waals surface area contributed by atoms with Crippen molar-refractivity contribution >= 4 is 11.5 Å². The Kier molecular flexibility index (Phi) is 3.88. The topological polar surface area (TPSA) is 106 Å². The number of hydrogen-bond donors (Lipinski definition) is 3. The largest absolute Gasteiger partial charge is 0.383 e. The van der Waals surface area contributed by atoms with E-state index in [1.54, 1.807) is 6.20 Å². The molecular formula is C13H17N5O2. The molecule has 7 heteroatoms. The Hall–Kier alpha value is -2.57. The molecule has 0 aliphatic carbocycles. The molecule has 2 rings (SSSR count). The average Bonchev–Trinajstić information content (AvgIpc) is 2.45. The molecule has 7 nitrogen and oxygen atoms in total. The van der Waals surface area contributed by atoms with Gasteiger partial charge in [-0.15, -0.1) is 0 Å². The number of pyridine rings is 1. The highest BCUT2D eigenvalue weighted by molar-refractivity contribution is 5.60. The van der Waals surface area contributed by atoms with Crippen LogP contribution in [0.4, 0.5) is 11.5 Å². The second kappa shape index (κ2) is 5.60. The number of rotatable bonds is 4. The van der Waals surface area contributed by atoms with E-state index < -0.39 is 11.2 Å². The first-order valence-corrected chi connectivity index (χ1v) is 6.30. The maximum atomic E-state index is 11.8. The fourth-order valence-corrected chi connectivity index (χ4v) is 1.93. The van der Waals surface area contributed by atoms with E-state index in [2.05, 4.69) is 15.3 Å². The molecule has 0 atom stereocenters. The number of aryl methyl sites for hydroxylation is 1. The lowest BCUT2D eigenvalue weighted by Crippen LogP contribution is -2.32. The van der Waals surface area contributed by atoms with Crippen molar-refractivity contribution in [3.63, 3.8) is 0 Å². The molecule has 2 heterocycles. The molecule has 20 heavy (non-hydrogen) atoms. The van der Waals surface area contributed by atoms with Crippen molar-refractivity contribution in [3.05, 3.63) is 50.4 Å². The molecule has 2 aromatic rings. The van der Waals surface area contributed by atoms with Crippen LogP contribution in [0, 0.1) is 0 Å². The van der Waals surface area contributed by atoms with E-state index in [0.29, 0.717) is 6.54 Å². The summed E-state index contributed by atoms with van der Waals surface area (Å²) < 4.78 is 1.18. The van der Waals surface area contributed by atoms with Crippen LogP contribution in [0.5, 0.6) is 0 Å².